The Morgan fingerprint density at radius 2 is 1.35 bits per heavy atom. The van der Waals surface area contributed by atoms with Crippen LogP contribution >= 0.6 is 0 Å². The average molecular weight is 709 g/mol. The van der Waals surface area contributed by atoms with Crippen LogP contribution in [0.5, 0.6) is 0 Å². The molecule has 0 N–H and O–H groups in total. The predicted molar refractivity (Wildman–Crippen MR) is 237 cm³/mol. The van der Waals surface area contributed by atoms with Gasteiger partial charge in [-0.2, -0.15) is 0 Å². The number of hydrogen-bond acceptors (Lipinski definition) is 1. The van der Waals surface area contributed by atoms with Gasteiger partial charge in [-0.1, -0.05) is 148 Å². The van der Waals surface area contributed by atoms with Gasteiger partial charge in [0, 0.05) is 38.9 Å². The number of benzene rings is 6. The fraction of sp³-hybridized carbons (Fsp3) is 0.0943. The highest BCUT2D eigenvalue weighted by Crippen LogP contribution is 2.53. The monoisotopic (exact) mass is 708 g/mol. The summed E-state index contributed by atoms with van der Waals surface area (Å²) in [5.41, 5.74) is 17.0. The van der Waals surface area contributed by atoms with Gasteiger partial charge in [0.25, 0.3) is 0 Å². The van der Waals surface area contributed by atoms with Crippen LogP contribution in [0.1, 0.15) is 49.4 Å². The van der Waals surface area contributed by atoms with E-state index >= 15 is 0 Å². The van der Waals surface area contributed by atoms with Crippen molar-refractivity contribution >= 4 is 55.7 Å². The highest BCUT2D eigenvalue weighted by Gasteiger charge is 2.37. The Balaban J connectivity index is 1.14. The molecule has 0 fully saturated rings. The highest BCUT2D eigenvalue weighted by atomic mass is 15.1. The maximum Gasteiger partial charge on any atom is 0.0541 e. The molecule has 1 heterocycles. The Hall–Kier alpha value is -6.64. The van der Waals surface area contributed by atoms with Crippen molar-refractivity contribution in [2.24, 2.45) is 0 Å². The van der Waals surface area contributed by atoms with E-state index in [-0.39, 0.29) is 5.41 Å². The van der Waals surface area contributed by atoms with Crippen molar-refractivity contribution < 1.29 is 0 Å². The van der Waals surface area contributed by atoms with Crippen molar-refractivity contribution in [1.29, 1.82) is 0 Å². The molecule has 9 rings (SSSR count). The molecule has 0 saturated heterocycles. The summed E-state index contributed by atoms with van der Waals surface area (Å²) in [5, 5.41) is 2.50. The van der Waals surface area contributed by atoms with Crippen molar-refractivity contribution in [2.75, 3.05) is 4.90 Å². The minimum atomic E-state index is -0.192. The minimum Gasteiger partial charge on any atom is -0.310 e. The van der Waals surface area contributed by atoms with E-state index in [1.54, 1.807) is 0 Å². The second-order valence-electron chi connectivity index (χ2n) is 15.0. The van der Waals surface area contributed by atoms with Crippen LogP contribution in [-0.2, 0) is 5.41 Å². The first-order valence-corrected chi connectivity index (χ1v) is 19.2. The molecular formula is C53H44N2. The molecule has 7 aromatic rings. The van der Waals surface area contributed by atoms with E-state index in [0.29, 0.717) is 0 Å². The van der Waals surface area contributed by atoms with E-state index in [0.717, 1.165) is 29.2 Å². The van der Waals surface area contributed by atoms with E-state index in [2.05, 4.69) is 219 Å². The standard InChI is InChI=1S/C53H44N2/c1-5-18-42(55-50-27-15-13-23-45(50)46-24-14-16-28-51(46)55)35-37(2)44-25-17-26-48-52(44)47-34-33-43(36-49(47)53(48,3)4)54(40-21-11-8-12-22-40)41-31-29-39(30-32-41)38-19-9-6-7-10-20-38/h5-19,21-36H,1,20H2,2-4H3/b37-35+,42-18+. The third-order valence-electron chi connectivity index (χ3n) is 11.4. The molecule has 2 heteroatoms. The van der Waals surface area contributed by atoms with Crippen LogP contribution in [0.15, 0.2) is 195 Å². The summed E-state index contributed by atoms with van der Waals surface area (Å²) >= 11 is 0. The minimum absolute atomic E-state index is 0.192. The normalized spacial score (nSPS) is 14.8. The first-order chi connectivity index (χ1) is 26.9. The molecule has 2 nitrogen and oxygen atoms in total. The lowest BCUT2D eigenvalue weighted by molar-refractivity contribution is 0.660. The first-order valence-electron chi connectivity index (χ1n) is 19.2. The number of para-hydroxylation sites is 3. The number of rotatable bonds is 8. The van der Waals surface area contributed by atoms with Crippen molar-refractivity contribution in [3.63, 3.8) is 0 Å². The van der Waals surface area contributed by atoms with Gasteiger partial charge in [0.2, 0.25) is 0 Å². The molecule has 266 valence electrons. The van der Waals surface area contributed by atoms with Crippen molar-refractivity contribution in [1.82, 2.24) is 4.57 Å². The second-order valence-corrected chi connectivity index (χ2v) is 15.0. The van der Waals surface area contributed by atoms with Crippen molar-refractivity contribution in [2.45, 2.75) is 32.6 Å². The summed E-state index contributed by atoms with van der Waals surface area (Å²) in [6, 6.07) is 51.0. The van der Waals surface area contributed by atoms with Crippen LogP contribution in [0.2, 0.25) is 0 Å². The van der Waals surface area contributed by atoms with Gasteiger partial charge in [-0.3, -0.25) is 0 Å². The van der Waals surface area contributed by atoms with Crippen molar-refractivity contribution in [3.8, 4) is 11.1 Å². The number of anilines is 3. The van der Waals surface area contributed by atoms with Gasteiger partial charge in [-0.05, 0) is 119 Å². The second kappa shape index (κ2) is 14.0. The Morgan fingerprint density at radius 3 is 2.07 bits per heavy atom. The van der Waals surface area contributed by atoms with E-state index < -0.39 is 0 Å². The van der Waals surface area contributed by atoms with Gasteiger partial charge in [0.05, 0.1) is 11.0 Å². The predicted octanol–water partition coefficient (Wildman–Crippen LogP) is 14.6. The molecule has 2 aliphatic rings. The molecule has 0 atom stereocenters. The average Bonchev–Trinajstić information content (AvgIpc) is 3.48. The Morgan fingerprint density at radius 1 is 0.673 bits per heavy atom. The smallest absolute Gasteiger partial charge is 0.0541 e. The number of hydrogen-bond donors (Lipinski definition) is 0. The molecule has 0 unspecified atom stereocenters. The third kappa shape index (κ3) is 5.91. The summed E-state index contributed by atoms with van der Waals surface area (Å²) in [6.07, 6.45) is 18.1. The summed E-state index contributed by atoms with van der Waals surface area (Å²) in [5.74, 6) is 0. The maximum atomic E-state index is 4.12. The zero-order valence-corrected chi connectivity index (χ0v) is 31.7. The number of fused-ring (bicyclic) bond motifs is 6. The van der Waals surface area contributed by atoms with Crippen LogP contribution in [0.3, 0.4) is 0 Å². The van der Waals surface area contributed by atoms with Crippen LogP contribution in [0.25, 0.3) is 49.8 Å². The fourth-order valence-electron chi connectivity index (χ4n) is 8.69. The quantitative estimate of drug-likeness (QED) is 0.143. The summed E-state index contributed by atoms with van der Waals surface area (Å²) in [6.45, 7) is 11.1. The molecule has 0 spiro atoms. The van der Waals surface area contributed by atoms with Gasteiger partial charge in [0.1, 0.15) is 0 Å². The number of nitrogens with zero attached hydrogens (tertiary/aromatic N) is 2. The number of allylic oxidation sites excluding steroid dienone is 11. The Labute approximate surface area is 324 Å². The molecule has 0 bridgehead atoms. The summed E-state index contributed by atoms with van der Waals surface area (Å²) in [7, 11) is 0. The highest BCUT2D eigenvalue weighted by molar-refractivity contribution is 6.10. The summed E-state index contributed by atoms with van der Waals surface area (Å²) in [4.78, 5) is 2.38. The molecule has 6 aromatic carbocycles. The molecule has 0 aliphatic heterocycles. The van der Waals surface area contributed by atoms with E-state index in [1.165, 1.54) is 66.3 Å². The molecule has 0 saturated carbocycles. The van der Waals surface area contributed by atoms with Gasteiger partial charge in [-0.25, -0.2) is 0 Å². The Kier molecular flexibility index (Phi) is 8.67. The molecule has 0 radical (unpaired) electrons. The van der Waals surface area contributed by atoms with Crippen LogP contribution in [-0.4, -0.2) is 4.57 Å². The molecule has 2 aliphatic carbocycles. The Bertz CT molecular complexity index is 2710. The molecule has 1 aromatic heterocycles. The zero-order chi connectivity index (χ0) is 37.5. The van der Waals surface area contributed by atoms with Crippen LogP contribution in [0, 0.1) is 0 Å². The SMILES string of the molecule is C=C/C=C(\C=C(/C)c1cccc2c1-c1ccc(N(c3ccccc3)c3ccc(C4=CC=CC=CC4)cc3)cc1C2(C)C)n1c2ccccc2c2ccccc21. The van der Waals surface area contributed by atoms with E-state index in [1.807, 2.05) is 6.08 Å². The number of aromatic nitrogens is 1. The lowest BCUT2D eigenvalue weighted by atomic mass is 9.81. The van der Waals surface area contributed by atoms with Gasteiger partial charge in [-0.15, -0.1) is 0 Å². The lowest BCUT2D eigenvalue weighted by Gasteiger charge is -2.28. The zero-order valence-electron chi connectivity index (χ0n) is 31.7. The third-order valence-corrected chi connectivity index (χ3v) is 11.4. The molecule has 0 amide bonds. The molecular weight excluding hydrogens is 665 g/mol. The van der Waals surface area contributed by atoms with Gasteiger partial charge < -0.3 is 9.47 Å². The largest absolute Gasteiger partial charge is 0.310 e. The van der Waals surface area contributed by atoms with Crippen LogP contribution in [0.4, 0.5) is 17.1 Å². The maximum absolute atomic E-state index is 4.12. The fourth-order valence-corrected chi connectivity index (χ4v) is 8.69. The summed E-state index contributed by atoms with van der Waals surface area (Å²) < 4.78 is 2.37. The van der Waals surface area contributed by atoms with Crippen molar-refractivity contribution in [3.05, 3.63) is 217 Å². The lowest BCUT2D eigenvalue weighted by Crippen LogP contribution is -2.16. The van der Waals surface area contributed by atoms with Gasteiger partial charge >= 0.3 is 0 Å². The first kappa shape index (κ1) is 34.1. The van der Waals surface area contributed by atoms with E-state index in [9.17, 15) is 0 Å². The van der Waals surface area contributed by atoms with Crippen LogP contribution < -0.4 is 4.90 Å². The molecule has 55 heavy (non-hydrogen) atoms. The van der Waals surface area contributed by atoms with E-state index in [4.69, 9.17) is 0 Å². The topological polar surface area (TPSA) is 8.17 Å². The van der Waals surface area contributed by atoms with Gasteiger partial charge in [0.15, 0.2) is 0 Å².